The monoisotopic (exact) mass is 174 g/mol. The number of rotatable bonds is 1. The largest absolute Gasteiger partial charge is 0.328 e. The van der Waals surface area contributed by atoms with Crippen molar-refractivity contribution in [3.8, 4) is 11.8 Å². The van der Waals surface area contributed by atoms with Gasteiger partial charge in [-0.1, -0.05) is 17.0 Å². The first-order valence-corrected chi connectivity index (χ1v) is 3.51. The summed E-state index contributed by atoms with van der Waals surface area (Å²) >= 11 is 0. The number of hydrogen-bond donors (Lipinski definition) is 1. The number of hydrogen-bond acceptors (Lipinski definition) is 2. The molecular formula is C8H6N4O. The molecule has 1 rings (SSSR count). The average molecular weight is 174 g/mol. The third kappa shape index (κ3) is 3.14. The first-order chi connectivity index (χ1) is 6.33. The number of nitrogens with zero attached hydrogens (tertiary/aromatic N) is 3. The van der Waals surface area contributed by atoms with Crippen LogP contribution in [0.3, 0.4) is 0 Å². The first-order valence-electron chi connectivity index (χ1n) is 3.51. The maximum absolute atomic E-state index is 10.6. The number of aromatic nitrogens is 1. The molecule has 0 aliphatic rings. The molecule has 0 saturated carbocycles. The van der Waals surface area contributed by atoms with Crippen molar-refractivity contribution in [3.05, 3.63) is 44.7 Å². The molecule has 0 aromatic carbocycles. The van der Waals surface area contributed by atoms with E-state index in [0.29, 0.717) is 5.56 Å². The molecule has 1 aromatic rings. The van der Waals surface area contributed by atoms with E-state index in [4.69, 9.17) is 5.53 Å². The molecule has 0 bridgehead atoms. The zero-order chi connectivity index (χ0) is 9.52. The molecule has 64 valence electrons. The molecule has 0 saturated heterocycles. The standard InChI is InChI=1S/C8H6N4O/c9-12-11-5-1-2-7-3-4-8(13)10-6-7/h3-4,6H,5H2,(H,10,13). The molecule has 0 radical (unpaired) electrons. The number of nitrogens with one attached hydrogen (secondary N) is 1. The molecule has 1 aromatic heterocycles. The molecule has 5 nitrogen and oxygen atoms in total. The molecule has 0 unspecified atom stereocenters. The molecule has 5 heteroatoms. The minimum atomic E-state index is -0.166. The number of aromatic amines is 1. The van der Waals surface area contributed by atoms with E-state index in [1.54, 1.807) is 6.07 Å². The fraction of sp³-hybridized carbons (Fsp3) is 0.125. The average Bonchev–Trinajstić information content (AvgIpc) is 2.15. The van der Waals surface area contributed by atoms with Crippen LogP contribution in [0.15, 0.2) is 28.2 Å². The van der Waals surface area contributed by atoms with Crippen molar-refractivity contribution in [1.82, 2.24) is 4.98 Å². The number of H-pyrrole nitrogens is 1. The van der Waals surface area contributed by atoms with E-state index in [-0.39, 0.29) is 12.1 Å². The Hall–Kier alpha value is -2.18. The van der Waals surface area contributed by atoms with Crippen molar-refractivity contribution in [2.45, 2.75) is 0 Å². The van der Waals surface area contributed by atoms with Gasteiger partial charge in [-0.25, -0.2) is 0 Å². The third-order valence-electron chi connectivity index (χ3n) is 1.23. The molecule has 0 aliphatic carbocycles. The van der Waals surface area contributed by atoms with Gasteiger partial charge in [0, 0.05) is 22.7 Å². The highest BCUT2D eigenvalue weighted by atomic mass is 16.1. The summed E-state index contributed by atoms with van der Waals surface area (Å²) < 4.78 is 0. The van der Waals surface area contributed by atoms with Crippen LogP contribution in [0.2, 0.25) is 0 Å². The summed E-state index contributed by atoms with van der Waals surface area (Å²) in [5, 5.41) is 3.24. The van der Waals surface area contributed by atoms with Gasteiger partial charge in [0.2, 0.25) is 5.56 Å². The number of azide groups is 1. The molecule has 0 amide bonds. The van der Waals surface area contributed by atoms with Gasteiger partial charge in [-0.3, -0.25) is 4.79 Å². The Morgan fingerprint density at radius 2 is 2.46 bits per heavy atom. The maximum Gasteiger partial charge on any atom is 0.247 e. The van der Waals surface area contributed by atoms with Crippen LogP contribution in [0.1, 0.15) is 5.56 Å². The Labute approximate surface area is 74.0 Å². The second-order valence-corrected chi connectivity index (χ2v) is 2.13. The fourth-order valence-electron chi connectivity index (χ4n) is 0.697. The van der Waals surface area contributed by atoms with Crippen molar-refractivity contribution in [1.29, 1.82) is 0 Å². The quantitative estimate of drug-likeness (QED) is 0.293. The predicted octanol–water partition coefficient (Wildman–Crippen LogP) is 1.04. The molecule has 0 spiro atoms. The topological polar surface area (TPSA) is 81.6 Å². The van der Waals surface area contributed by atoms with Crippen LogP contribution in [0.4, 0.5) is 0 Å². The molecule has 0 atom stereocenters. The van der Waals surface area contributed by atoms with Crippen LogP contribution < -0.4 is 5.56 Å². The molecule has 0 aliphatic heterocycles. The first kappa shape index (κ1) is 8.91. The highest BCUT2D eigenvalue weighted by molar-refractivity contribution is 5.31. The van der Waals surface area contributed by atoms with E-state index in [1.165, 1.54) is 12.3 Å². The summed E-state index contributed by atoms with van der Waals surface area (Å²) in [5.41, 5.74) is 8.46. The van der Waals surface area contributed by atoms with Crippen LogP contribution in [-0.4, -0.2) is 11.5 Å². The van der Waals surface area contributed by atoms with Gasteiger partial charge in [-0.2, -0.15) is 0 Å². The molecule has 0 fully saturated rings. The smallest absolute Gasteiger partial charge is 0.247 e. The molecule has 1 heterocycles. The Morgan fingerprint density at radius 3 is 3.08 bits per heavy atom. The minimum absolute atomic E-state index is 0.135. The second-order valence-electron chi connectivity index (χ2n) is 2.13. The fourth-order valence-corrected chi connectivity index (χ4v) is 0.697. The predicted molar refractivity (Wildman–Crippen MR) is 48.0 cm³/mol. The Kier molecular flexibility index (Phi) is 3.19. The van der Waals surface area contributed by atoms with Crippen molar-refractivity contribution >= 4 is 0 Å². The molecular weight excluding hydrogens is 168 g/mol. The van der Waals surface area contributed by atoms with E-state index in [2.05, 4.69) is 26.9 Å². The van der Waals surface area contributed by atoms with E-state index in [1.807, 2.05) is 0 Å². The summed E-state index contributed by atoms with van der Waals surface area (Å²) in [6, 6.07) is 2.99. The summed E-state index contributed by atoms with van der Waals surface area (Å²) in [7, 11) is 0. The summed E-state index contributed by atoms with van der Waals surface area (Å²) in [6.45, 7) is 0.135. The minimum Gasteiger partial charge on any atom is -0.328 e. The van der Waals surface area contributed by atoms with Gasteiger partial charge < -0.3 is 4.98 Å². The zero-order valence-corrected chi connectivity index (χ0v) is 6.69. The third-order valence-corrected chi connectivity index (χ3v) is 1.23. The van der Waals surface area contributed by atoms with E-state index in [9.17, 15) is 4.79 Å². The summed E-state index contributed by atoms with van der Waals surface area (Å²) in [4.78, 5) is 15.7. The van der Waals surface area contributed by atoms with Gasteiger partial charge in [-0.15, -0.1) is 0 Å². The lowest BCUT2D eigenvalue weighted by atomic mass is 10.3. The normalized spacial score (nSPS) is 8.00. The summed E-state index contributed by atoms with van der Waals surface area (Å²) in [5.74, 6) is 5.35. The van der Waals surface area contributed by atoms with Crippen LogP contribution in [0, 0.1) is 11.8 Å². The maximum atomic E-state index is 10.6. The van der Waals surface area contributed by atoms with Gasteiger partial charge in [-0.05, 0) is 11.6 Å². The molecule has 13 heavy (non-hydrogen) atoms. The highest BCUT2D eigenvalue weighted by Crippen LogP contribution is 1.87. The lowest BCUT2D eigenvalue weighted by Crippen LogP contribution is -2.01. The summed E-state index contributed by atoms with van der Waals surface area (Å²) in [6.07, 6.45) is 1.51. The van der Waals surface area contributed by atoms with Gasteiger partial charge in [0.15, 0.2) is 0 Å². The van der Waals surface area contributed by atoms with Crippen molar-refractivity contribution in [2.75, 3.05) is 6.54 Å². The second kappa shape index (κ2) is 4.65. The van der Waals surface area contributed by atoms with Gasteiger partial charge in [0.1, 0.15) is 0 Å². The highest BCUT2D eigenvalue weighted by Gasteiger charge is 1.84. The van der Waals surface area contributed by atoms with Crippen LogP contribution >= 0.6 is 0 Å². The van der Waals surface area contributed by atoms with Crippen molar-refractivity contribution in [2.24, 2.45) is 5.11 Å². The van der Waals surface area contributed by atoms with E-state index < -0.39 is 0 Å². The van der Waals surface area contributed by atoms with E-state index >= 15 is 0 Å². The van der Waals surface area contributed by atoms with Gasteiger partial charge in [0.25, 0.3) is 0 Å². The van der Waals surface area contributed by atoms with Crippen molar-refractivity contribution < 1.29 is 0 Å². The van der Waals surface area contributed by atoms with Crippen LogP contribution in [0.25, 0.3) is 10.4 Å². The van der Waals surface area contributed by atoms with E-state index in [0.717, 1.165) is 0 Å². The van der Waals surface area contributed by atoms with Crippen molar-refractivity contribution in [3.63, 3.8) is 0 Å². The van der Waals surface area contributed by atoms with Gasteiger partial charge in [0.05, 0.1) is 6.54 Å². The van der Waals surface area contributed by atoms with Gasteiger partial charge >= 0.3 is 0 Å². The van der Waals surface area contributed by atoms with Crippen LogP contribution in [0.5, 0.6) is 0 Å². The lowest BCUT2D eigenvalue weighted by Gasteiger charge is -1.85. The lowest BCUT2D eigenvalue weighted by molar-refractivity contribution is 1.22. The zero-order valence-electron chi connectivity index (χ0n) is 6.69. The van der Waals surface area contributed by atoms with Crippen LogP contribution in [-0.2, 0) is 0 Å². The Balaban J connectivity index is 2.72. The SMILES string of the molecule is [N-]=[N+]=NCC#Cc1ccc(=O)[nH]c1. The Morgan fingerprint density at radius 1 is 1.62 bits per heavy atom. The molecule has 1 N–H and O–H groups in total. The Bertz CT molecular complexity index is 425. The number of pyridine rings is 1.